The lowest BCUT2D eigenvalue weighted by molar-refractivity contribution is 0.547. The van der Waals surface area contributed by atoms with Crippen molar-refractivity contribution in [3.05, 3.63) is 69.2 Å². The predicted octanol–water partition coefficient (Wildman–Crippen LogP) is 4.41. The molecule has 2 heterocycles. The fourth-order valence-electron chi connectivity index (χ4n) is 2.31. The van der Waals surface area contributed by atoms with Gasteiger partial charge in [-0.2, -0.15) is 0 Å². The third-order valence-electron chi connectivity index (χ3n) is 3.42. The molecular weight excluding hydrogens is 379 g/mol. The van der Waals surface area contributed by atoms with Crippen molar-refractivity contribution < 1.29 is 13.2 Å². The fourth-order valence-corrected chi connectivity index (χ4v) is 2.69. The van der Waals surface area contributed by atoms with E-state index in [2.05, 4.69) is 26.1 Å². The van der Waals surface area contributed by atoms with E-state index >= 15 is 0 Å². The lowest BCUT2D eigenvalue weighted by Crippen LogP contribution is -2.02. The van der Waals surface area contributed by atoms with Crippen molar-refractivity contribution in [2.45, 2.75) is 0 Å². The van der Waals surface area contributed by atoms with Crippen LogP contribution in [0.3, 0.4) is 0 Å². The van der Waals surface area contributed by atoms with Crippen LogP contribution in [0.25, 0.3) is 33.9 Å². The zero-order valence-electron chi connectivity index (χ0n) is 12.0. The molecule has 0 aliphatic rings. The van der Waals surface area contributed by atoms with Gasteiger partial charge >= 0.3 is 5.63 Å². The molecule has 0 spiro atoms. The van der Waals surface area contributed by atoms with Crippen LogP contribution in [-0.4, -0.2) is 10.2 Å². The van der Waals surface area contributed by atoms with Crippen molar-refractivity contribution in [3.63, 3.8) is 0 Å². The molecule has 2 aromatic carbocycles. The van der Waals surface area contributed by atoms with Crippen LogP contribution in [0.15, 0.2) is 66.6 Å². The van der Waals surface area contributed by atoms with Crippen LogP contribution in [0.4, 0.5) is 4.39 Å². The zero-order valence-corrected chi connectivity index (χ0v) is 13.6. The summed E-state index contributed by atoms with van der Waals surface area (Å²) in [5.41, 5.74) is 0.452. The second-order valence-electron chi connectivity index (χ2n) is 5.05. The number of fused-ring (bicyclic) bond motifs is 1. The summed E-state index contributed by atoms with van der Waals surface area (Å²) in [6.07, 6.45) is 0. The third-order valence-corrected chi connectivity index (χ3v) is 3.91. The minimum Gasteiger partial charge on any atom is -0.422 e. The molecule has 0 aliphatic carbocycles. The molecule has 7 heteroatoms. The maximum atomic E-state index is 13.3. The van der Waals surface area contributed by atoms with Crippen molar-refractivity contribution >= 4 is 26.9 Å². The summed E-state index contributed by atoms with van der Waals surface area (Å²) >= 11 is 3.37. The van der Waals surface area contributed by atoms with Crippen LogP contribution in [0.1, 0.15) is 0 Å². The Bertz CT molecular complexity index is 1120. The number of hydrogen-bond donors (Lipinski definition) is 0. The van der Waals surface area contributed by atoms with E-state index in [-0.39, 0.29) is 17.3 Å². The van der Waals surface area contributed by atoms with E-state index in [4.69, 9.17) is 8.83 Å². The van der Waals surface area contributed by atoms with Crippen LogP contribution in [0.5, 0.6) is 0 Å². The molecule has 0 atom stereocenters. The first-order valence-electron chi connectivity index (χ1n) is 6.93. The minimum absolute atomic E-state index is 0.0184. The maximum Gasteiger partial charge on any atom is 0.349 e. The van der Waals surface area contributed by atoms with Crippen molar-refractivity contribution in [1.29, 1.82) is 0 Å². The number of hydrogen-bond acceptors (Lipinski definition) is 5. The van der Waals surface area contributed by atoms with Crippen LogP contribution in [0.2, 0.25) is 0 Å². The van der Waals surface area contributed by atoms with E-state index in [0.29, 0.717) is 16.5 Å². The van der Waals surface area contributed by atoms with Gasteiger partial charge in [-0.3, -0.25) is 0 Å². The predicted molar refractivity (Wildman–Crippen MR) is 88.9 cm³/mol. The average molecular weight is 387 g/mol. The van der Waals surface area contributed by atoms with E-state index < -0.39 is 11.4 Å². The molecule has 0 amide bonds. The number of benzene rings is 2. The Hall–Kier alpha value is -2.80. The monoisotopic (exact) mass is 386 g/mol. The Morgan fingerprint density at radius 2 is 1.79 bits per heavy atom. The van der Waals surface area contributed by atoms with Gasteiger partial charge in [-0.15, -0.1) is 10.2 Å². The summed E-state index contributed by atoms with van der Waals surface area (Å²) in [5.74, 6) is -0.273. The summed E-state index contributed by atoms with van der Waals surface area (Å²) in [6, 6.07) is 12.7. The molecule has 0 N–H and O–H groups in total. The van der Waals surface area contributed by atoms with E-state index in [1.54, 1.807) is 24.3 Å². The number of halogens is 2. The summed E-state index contributed by atoms with van der Waals surface area (Å²) in [5, 5.41) is 8.45. The van der Waals surface area contributed by atoms with Crippen molar-refractivity contribution in [1.82, 2.24) is 10.2 Å². The Labute approximate surface area is 142 Å². The van der Waals surface area contributed by atoms with E-state index in [1.807, 2.05) is 6.07 Å². The van der Waals surface area contributed by atoms with Gasteiger partial charge in [0.15, 0.2) is 0 Å². The van der Waals surface area contributed by atoms with Crippen molar-refractivity contribution in [2.24, 2.45) is 0 Å². The molecule has 0 radical (unpaired) electrons. The minimum atomic E-state index is -0.584. The second kappa shape index (κ2) is 5.68. The van der Waals surface area contributed by atoms with Gasteiger partial charge in [-0.05, 0) is 42.5 Å². The van der Waals surface area contributed by atoms with Gasteiger partial charge in [0.2, 0.25) is 5.89 Å². The maximum absolute atomic E-state index is 13.3. The van der Waals surface area contributed by atoms with Crippen LogP contribution < -0.4 is 5.63 Å². The lowest BCUT2D eigenvalue weighted by atomic mass is 10.2. The van der Waals surface area contributed by atoms with Crippen molar-refractivity contribution in [3.8, 4) is 22.9 Å². The topological polar surface area (TPSA) is 69.1 Å². The molecule has 0 bridgehead atoms. The highest BCUT2D eigenvalue weighted by atomic mass is 79.9. The zero-order chi connectivity index (χ0) is 16.7. The summed E-state index contributed by atoms with van der Waals surface area (Å²) in [4.78, 5) is 12.2. The van der Waals surface area contributed by atoms with Gasteiger partial charge in [0, 0.05) is 15.4 Å². The molecule has 0 unspecified atom stereocenters. The molecule has 2 aromatic heterocycles. The normalized spacial score (nSPS) is 11.1. The Morgan fingerprint density at radius 1 is 0.958 bits per heavy atom. The van der Waals surface area contributed by atoms with Gasteiger partial charge in [0.05, 0.1) is 0 Å². The average Bonchev–Trinajstić information content (AvgIpc) is 3.04. The molecule has 24 heavy (non-hydrogen) atoms. The molecular formula is C17H8BrFN2O3. The van der Waals surface area contributed by atoms with Crippen LogP contribution >= 0.6 is 15.9 Å². The Morgan fingerprint density at radius 3 is 2.62 bits per heavy atom. The van der Waals surface area contributed by atoms with Crippen LogP contribution in [0, 0.1) is 5.82 Å². The van der Waals surface area contributed by atoms with Crippen molar-refractivity contribution in [2.75, 3.05) is 0 Å². The lowest BCUT2D eigenvalue weighted by Gasteiger charge is -1.99. The molecule has 4 aromatic rings. The van der Waals surface area contributed by atoms with E-state index in [1.165, 1.54) is 18.2 Å². The largest absolute Gasteiger partial charge is 0.422 e. The molecule has 0 fully saturated rings. The highest BCUT2D eigenvalue weighted by Crippen LogP contribution is 2.26. The molecule has 4 rings (SSSR count). The SMILES string of the molecule is O=c1oc2ccc(Br)cc2cc1-c1nnc(-c2cccc(F)c2)o1. The second-order valence-corrected chi connectivity index (χ2v) is 5.97. The molecule has 0 aliphatic heterocycles. The van der Waals surface area contributed by atoms with E-state index in [9.17, 15) is 9.18 Å². The van der Waals surface area contributed by atoms with E-state index in [0.717, 1.165) is 4.47 Å². The molecule has 0 saturated carbocycles. The number of nitrogens with zero attached hydrogens (tertiary/aromatic N) is 2. The Balaban J connectivity index is 1.83. The third kappa shape index (κ3) is 2.63. The van der Waals surface area contributed by atoms with Gasteiger partial charge in [-0.25, -0.2) is 9.18 Å². The molecule has 118 valence electrons. The summed E-state index contributed by atoms with van der Waals surface area (Å²) in [6.45, 7) is 0. The molecule has 5 nitrogen and oxygen atoms in total. The summed E-state index contributed by atoms with van der Waals surface area (Å²) in [7, 11) is 0. The first-order valence-corrected chi connectivity index (χ1v) is 7.73. The summed E-state index contributed by atoms with van der Waals surface area (Å²) < 4.78 is 24.9. The first-order chi connectivity index (χ1) is 11.6. The molecule has 0 saturated heterocycles. The quantitative estimate of drug-likeness (QED) is 0.477. The standard InChI is InChI=1S/C17H8BrFN2O3/c18-11-4-5-14-10(6-11)8-13(17(22)23-14)16-21-20-15(24-16)9-2-1-3-12(19)7-9/h1-8H. The van der Waals surface area contributed by atoms with Gasteiger partial charge in [0.1, 0.15) is 17.0 Å². The highest BCUT2D eigenvalue weighted by molar-refractivity contribution is 9.10. The Kier molecular flexibility index (Phi) is 3.50. The van der Waals surface area contributed by atoms with Gasteiger partial charge < -0.3 is 8.83 Å². The fraction of sp³-hybridized carbons (Fsp3) is 0. The number of rotatable bonds is 2. The smallest absolute Gasteiger partial charge is 0.349 e. The van der Waals surface area contributed by atoms with Crippen LogP contribution in [-0.2, 0) is 0 Å². The van der Waals surface area contributed by atoms with Gasteiger partial charge in [0.25, 0.3) is 5.89 Å². The number of aromatic nitrogens is 2. The highest BCUT2D eigenvalue weighted by Gasteiger charge is 2.16. The van der Waals surface area contributed by atoms with Gasteiger partial charge in [-0.1, -0.05) is 22.0 Å². The first kappa shape index (κ1) is 14.8.